The number of alkyl carbamates (subject to hydrolysis) is 1. The average molecular weight is 296 g/mol. The van der Waals surface area contributed by atoms with Crippen molar-refractivity contribution < 1.29 is 19.4 Å². The molecule has 0 saturated carbocycles. The van der Waals surface area contributed by atoms with Crippen molar-refractivity contribution >= 4 is 12.0 Å². The van der Waals surface area contributed by atoms with Crippen LogP contribution in [0.5, 0.6) is 0 Å². The molecular formula is C15H24N2O4. The van der Waals surface area contributed by atoms with E-state index in [0.29, 0.717) is 6.54 Å². The molecule has 0 fully saturated rings. The third kappa shape index (κ3) is 6.94. The molecule has 1 aliphatic rings. The van der Waals surface area contributed by atoms with Gasteiger partial charge in [0.15, 0.2) is 0 Å². The Kier molecular flexibility index (Phi) is 6.42. The Morgan fingerprint density at radius 1 is 1.38 bits per heavy atom. The van der Waals surface area contributed by atoms with Crippen LogP contribution in [0.4, 0.5) is 4.79 Å². The molecular weight excluding hydrogens is 272 g/mol. The number of carbonyl (C=O) groups excluding carboxylic acids is 2. The first kappa shape index (κ1) is 17.2. The lowest BCUT2D eigenvalue weighted by atomic mass is 10.1. The van der Waals surface area contributed by atoms with Crippen molar-refractivity contribution in [3.63, 3.8) is 0 Å². The largest absolute Gasteiger partial charge is 0.444 e. The molecule has 1 rings (SSSR count). The molecule has 0 radical (unpaired) electrons. The molecule has 0 unspecified atom stereocenters. The van der Waals surface area contributed by atoms with Crippen LogP contribution in [0.2, 0.25) is 0 Å². The fourth-order valence-corrected chi connectivity index (χ4v) is 1.76. The van der Waals surface area contributed by atoms with Crippen LogP contribution in [0.15, 0.2) is 23.8 Å². The highest BCUT2D eigenvalue weighted by Crippen LogP contribution is 2.08. The third-order valence-corrected chi connectivity index (χ3v) is 2.73. The van der Waals surface area contributed by atoms with Gasteiger partial charge in [-0.2, -0.15) is 0 Å². The number of hydrogen-bond donors (Lipinski definition) is 3. The van der Waals surface area contributed by atoms with Crippen molar-refractivity contribution in [1.82, 2.24) is 10.6 Å². The molecule has 0 aromatic heterocycles. The van der Waals surface area contributed by atoms with Crippen LogP contribution in [0.3, 0.4) is 0 Å². The van der Waals surface area contributed by atoms with Crippen LogP contribution in [0.25, 0.3) is 0 Å². The van der Waals surface area contributed by atoms with E-state index in [9.17, 15) is 14.7 Å². The quantitative estimate of drug-likeness (QED) is 0.713. The molecule has 1 aliphatic carbocycles. The lowest BCUT2D eigenvalue weighted by Gasteiger charge is -2.22. The predicted molar refractivity (Wildman–Crippen MR) is 79.7 cm³/mol. The third-order valence-electron chi connectivity index (χ3n) is 2.73. The number of rotatable bonds is 5. The van der Waals surface area contributed by atoms with Crippen LogP contribution < -0.4 is 10.6 Å². The van der Waals surface area contributed by atoms with Crippen molar-refractivity contribution in [2.75, 3.05) is 13.2 Å². The van der Waals surface area contributed by atoms with E-state index in [0.717, 1.165) is 18.4 Å². The van der Waals surface area contributed by atoms with Gasteiger partial charge in [-0.15, -0.1) is 0 Å². The van der Waals surface area contributed by atoms with E-state index < -0.39 is 30.3 Å². The van der Waals surface area contributed by atoms with Crippen LogP contribution >= 0.6 is 0 Å². The Morgan fingerprint density at radius 3 is 2.62 bits per heavy atom. The summed E-state index contributed by atoms with van der Waals surface area (Å²) in [5.41, 5.74) is 0.363. The standard InChI is InChI=1S/C15H24N2O4/c1-15(2,3)21-14(20)17-12(10-18)13(19)16-9-11-7-5-4-6-8-11/h5,7-8,12,18H,4,6,9-10H2,1-3H3,(H,16,19)(H,17,20)/t12-/m0/s1. The van der Waals surface area contributed by atoms with Crippen molar-refractivity contribution in [3.8, 4) is 0 Å². The van der Waals surface area contributed by atoms with Gasteiger partial charge in [0.25, 0.3) is 0 Å². The first-order chi connectivity index (χ1) is 9.81. The number of amides is 2. The summed E-state index contributed by atoms with van der Waals surface area (Å²) in [7, 11) is 0. The second kappa shape index (κ2) is 7.83. The van der Waals surface area contributed by atoms with Crippen molar-refractivity contribution in [3.05, 3.63) is 23.8 Å². The molecule has 3 N–H and O–H groups in total. The Morgan fingerprint density at radius 2 is 2.10 bits per heavy atom. The van der Waals surface area contributed by atoms with Gasteiger partial charge in [0.2, 0.25) is 5.91 Å². The first-order valence-corrected chi connectivity index (χ1v) is 7.05. The van der Waals surface area contributed by atoms with E-state index in [1.54, 1.807) is 20.8 Å². The van der Waals surface area contributed by atoms with Gasteiger partial charge in [0, 0.05) is 6.54 Å². The monoisotopic (exact) mass is 296 g/mol. The van der Waals surface area contributed by atoms with Crippen LogP contribution in [0, 0.1) is 0 Å². The number of nitrogens with one attached hydrogen (secondary N) is 2. The van der Waals surface area contributed by atoms with Gasteiger partial charge in [-0.3, -0.25) is 4.79 Å². The number of hydrogen-bond acceptors (Lipinski definition) is 4. The Bertz CT molecular complexity index is 435. The molecule has 6 heteroatoms. The molecule has 1 atom stereocenters. The molecule has 0 heterocycles. The number of aliphatic hydroxyl groups excluding tert-OH is 1. The van der Waals surface area contributed by atoms with E-state index in [4.69, 9.17) is 4.74 Å². The lowest BCUT2D eigenvalue weighted by molar-refractivity contribution is -0.123. The lowest BCUT2D eigenvalue weighted by Crippen LogP contribution is -2.50. The molecule has 118 valence electrons. The van der Waals surface area contributed by atoms with E-state index >= 15 is 0 Å². The summed E-state index contributed by atoms with van der Waals surface area (Å²) in [5, 5.41) is 14.3. The summed E-state index contributed by atoms with van der Waals surface area (Å²) in [6.45, 7) is 5.06. The van der Waals surface area contributed by atoms with Crippen LogP contribution in [-0.2, 0) is 9.53 Å². The first-order valence-electron chi connectivity index (χ1n) is 7.05. The van der Waals surface area contributed by atoms with E-state index in [2.05, 4.69) is 16.7 Å². The molecule has 0 aromatic carbocycles. The molecule has 0 aromatic rings. The fourth-order valence-electron chi connectivity index (χ4n) is 1.76. The highest BCUT2D eigenvalue weighted by Gasteiger charge is 2.23. The SMILES string of the molecule is CC(C)(C)OC(=O)N[C@@H](CO)C(=O)NCC1=CCCC=C1. The summed E-state index contributed by atoms with van der Waals surface area (Å²) in [6, 6.07) is -1.02. The van der Waals surface area contributed by atoms with E-state index in [1.165, 1.54) is 0 Å². The fraction of sp³-hybridized carbons (Fsp3) is 0.600. The number of ether oxygens (including phenoxy) is 1. The second-order valence-electron chi connectivity index (χ2n) is 5.86. The molecule has 2 amide bonds. The maximum atomic E-state index is 11.9. The number of aliphatic hydroxyl groups is 1. The maximum Gasteiger partial charge on any atom is 0.408 e. The number of allylic oxidation sites excluding steroid dienone is 2. The molecule has 0 saturated heterocycles. The van der Waals surface area contributed by atoms with Gasteiger partial charge in [-0.25, -0.2) is 4.79 Å². The van der Waals surface area contributed by atoms with E-state index in [1.807, 2.05) is 12.2 Å². The Hall–Kier alpha value is -1.82. The molecule has 0 aliphatic heterocycles. The van der Waals surface area contributed by atoms with Gasteiger partial charge in [0.1, 0.15) is 11.6 Å². The van der Waals surface area contributed by atoms with Gasteiger partial charge in [0.05, 0.1) is 6.61 Å². The van der Waals surface area contributed by atoms with Crippen molar-refractivity contribution in [2.45, 2.75) is 45.3 Å². The van der Waals surface area contributed by atoms with E-state index in [-0.39, 0.29) is 0 Å². The normalized spacial score (nSPS) is 15.9. The number of carbonyl (C=O) groups is 2. The summed E-state index contributed by atoms with van der Waals surface area (Å²) in [5.74, 6) is -0.441. The van der Waals surface area contributed by atoms with Gasteiger partial charge in [-0.05, 0) is 39.2 Å². The second-order valence-corrected chi connectivity index (χ2v) is 5.86. The Labute approximate surface area is 125 Å². The molecule has 21 heavy (non-hydrogen) atoms. The van der Waals surface area contributed by atoms with Crippen LogP contribution in [-0.4, -0.2) is 41.9 Å². The minimum absolute atomic E-state index is 0.377. The zero-order valence-corrected chi connectivity index (χ0v) is 12.8. The van der Waals surface area contributed by atoms with Gasteiger partial charge in [-0.1, -0.05) is 18.2 Å². The van der Waals surface area contributed by atoms with Crippen LogP contribution in [0.1, 0.15) is 33.6 Å². The van der Waals surface area contributed by atoms with Gasteiger partial charge < -0.3 is 20.5 Å². The summed E-state index contributed by atoms with van der Waals surface area (Å²) < 4.78 is 5.05. The summed E-state index contributed by atoms with van der Waals surface area (Å²) >= 11 is 0. The highest BCUT2D eigenvalue weighted by atomic mass is 16.6. The minimum atomic E-state index is -1.02. The van der Waals surface area contributed by atoms with Gasteiger partial charge >= 0.3 is 6.09 Å². The van der Waals surface area contributed by atoms with Crippen molar-refractivity contribution in [2.24, 2.45) is 0 Å². The predicted octanol–water partition coefficient (Wildman–Crippen LogP) is 1.26. The highest BCUT2D eigenvalue weighted by molar-refractivity contribution is 5.86. The Balaban J connectivity index is 2.43. The minimum Gasteiger partial charge on any atom is -0.444 e. The zero-order valence-electron chi connectivity index (χ0n) is 12.8. The topological polar surface area (TPSA) is 87.7 Å². The molecule has 6 nitrogen and oxygen atoms in total. The van der Waals surface area contributed by atoms with Crippen molar-refractivity contribution in [1.29, 1.82) is 0 Å². The zero-order chi connectivity index (χ0) is 15.9. The molecule has 0 bridgehead atoms. The average Bonchev–Trinajstić information content (AvgIpc) is 2.41. The summed E-state index contributed by atoms with van der Waals surface area (Å²) in [6.07, 6.45) is 7.30. The smallest absolute Gasteiger partial charge is 0.408 e. The summed E-state index contributed by atoms with van der Waals surface area (Å²) in [4.78, 5) is 23.5. The molecule has 0 spiro atoms. The maximum absolute atomic E-state index is 11.9.